The molecule has 3 heteroatoms. The van der Waals surface area contributed by atoms with Crippen LogP contribution in [0.4, 0.5) is 0 Å². The van der Waals surface area contributed by atoms with Gasteiger partial charge in [0.2, 0.25) is 0 Å². The van der Waals surface area contributed by atoms with Crippen LogP contribution >= 0.6 is 0 Å². The fourth-order valence-corrected chi connectivity index (χ4v) is 11.4. The molecule has 0 saturated carbocycles. The number of hydrogen-bond donors (Lipinski definition) is 0. The molecule has 0 aliphatic heterocycles. The molecule has 11 rings (SSSR count). The summed E-state index contributed by atoms with van der Waals surface area (Å²) in [5.74, 6) is 3.69. The third-order valence-corrected chi connectivity index (χ3v) is 14.6. The highest BCUT2D eigenvalue weighted by molar-refractivity contribution is 6.03. The summed E-state index contributed by atoms with van der Waals surface area (Å²) in [5.41, 5.74) is 14.4. The van der Waals surface area contributed by atoms with E-state index in [0.29, 0.717) is 11.8 Å². The van der Waals surface area contributed by atoms with Crippen molar-refractivity contribution < 1.29 is 0 Å². The van der Waals surface area contributed by atoms with E-state index in [2.05, 4.69) is 214 Å². The van der Waals surface area contributed by atoms with E-state index in [0.717, 1.165) is 72.7 Å². The summed E-state index contributed by atoms with van der Waals surface area (Å²) < 4.78 is 0. The van der Waals surface area contributed by atoms with Crippen molar-refractivity contribution in [3.63, 3.8) is 0 Å². The summed E-state index contributed by atoms with van der Waals surface area (Å²) in [5, 5.41) is 2.40. The third kappa shape index (κ3) is 8.17. The summed E-state index contributed by atoms with van der Waals surface area (Å²) in [6, 6.07) is 34.1. The van der Waals surface area contributed by atoms with Crippen molar-refractivity contribution >= 4 is 21.9 Å². The molecular weight excluding hydrogens is 799 g/mol. The molecule has 324 valence electrons. The van der Waals surface area contributed by atoms with Crippen LogP contribution in [-0.2, 0) is 0 Å². The number of allylic oxidation sites excluding steroid dienone is 24. The molecule has 0 spiro atoms. The molecule has 0 amide bonds. The van der Waals surface area contributed by atoms with Crippen LogP contribution in [-0.4, -0.2) is 15.0 Å². The monoisotopic (exact) mass is 855 g/mol. The first-order valence-corrected chi connectivity index (χ1v) is 24.2. The van der Waals surface area contributed by atoms with E-state index in [4.69, 9.17) is 15.0 Å². The molecule has 1 heterocycles. The summed E-state index contributed by atoms with van der Waals surface area (Å²) in [6.07, 6.45) is 47.5. The van der Waals surface area contributed by atoms with Crippen LogP contribution < -0.4 is 0 Å². The topological polar surface area (TPSA) is 38.7 Å². The Kier molecular flexibility index (Phi) is 11.7. The normalized spacial score (nSPS) is 24.6. The highest BCUT2D eigenvalue weighted by atomic mass is 15.0. The molecule has 6 aliphatic carbocycles. The van der Waals surface area contributed by atoms with Crippen LogP contribution in [0.2, 0.25) is 0 Å². The van der Waals surface area contributed by atoms with E-state index < -0.39 is 0 Å². The Labute approximate surface area is 391 Å². The first-order chi connectivity index (χ1) is 32.6. The lowest BCUT2D eigenvalue weighted by Crippen LogP contribution is -2.30. The quantitative estimate of drug-likeness (QED) is 0.148. The lowest BCUT2D eigenvalue weighted by molar-refractivity contribution is 0.409. The van der Waals surface area contributed by atoms with Gasteiger partial charge in [0, 0.05) is 34.8 Å². The number of aromatic nitrogens is 3. The van der Waals surface area contributed by atoms with Gasteiger partial charge in [0.15, 0.2) is 11.6 Å². The maximum absolute atomic E-state index is 5.37. The predicted molar refractivity (Wildman–Crippen MR) is 276 cm³/mol. The lowest BCUT2D eigenvalue weighted by Gasteiger charge is -2.43. The molecule has 66 heavy (non-hydrogen) atoms. The fraction of sp³-hybridized carbons (Fsp3) is 0.222. The smallest absolute Gasteiger partial charge is 0.164 e. The van der Waals surface area contributed by atoms with Crippen LogP contribution in [0.5, 0.6) is 0 Å². The molecule has 6 aliphatic rings. The van der Waals surface area contributed by atoms with Crippen LogP contribution in [0.1, 0.15) is 87.0 Å². The van der Waals surface area contributed by atoms with Crippen molar-refractivity contribution in [3.8, 4) is 22.5 Å². The first-order valence-electron chi connectivity index (χ1n) is 24.2. The third-order valence-electron chi connectivity index (χ3n) is 14.6. The van der Waals surface area contributed by atoms with E-state index in [9.17, 15) is 0 Å². The Balaban J connectivity index is 1.14. The molecule has 1 aromatic heterocycles. The predicted octanol–water partition coefficient (Wildman–Crippen LogP) is 16.0. The summed E-state index contributed by atoms with van der Waals surface area (Å²) in [6.45, 7) is 4.66. The summed E-state index contributed by atoms with van der Waals surface area (Å²) in [4.78, 5) is 15.9. The molecule has 0 fully saturated rings. The molecule has 0 radical (unpaired) electrons. The van der Waals surface area contributed by atoms with Crippen molar-refractivity contribution in [3.05, 3.63) is 245 Å². The van der Waals surface area contributed by atoms with Crippen molar-refractivity contribution in [1.29, 1.82) is 0 Å². The van der Waals surface area contributed by atoms with E-state index in [1.807, 2.05) is 0 Å². The zero-order valence-electron chi connectivity index (χ0n) is 38.1. The van der Waals surface area contributed by atoms with Gasteiger partial charge in [-0.25, -0.2) is 15.0 Å². The fourth-order valence-electron chi connectivity index (χ4n) is 11.4. The van der Waals surface area contributed by atoms with Crippen molar-refractivity contribution in [2.75, 3.05) is 0 Å². The highest BCUT2D eigenvalue weighted by Gasteiger charge is 2.41. The Morgan fingerprint density at radius 1 is 0.591 bits per heavy atom. The second kappa shape index (κ2) is 18.5. The molecule has 4 unspecified atom stereocenters. The van der Waals surface area contributed by atoms with Gasteiger partial charge in [-0.05, 0) is 119 Å². The average molecular weight is 856 g/mol. The Hall–Kier alpha value is -6.97. The Bertz CT molecular complexity index is 3080. The largest absolute Gasteiger partial charge is 0.213 e. The molecular formula is C63H57N3. The number of rotatable bonds is 9. The number of fused-ring (bicyclic) bond motifs is 1. The first kappa shape index (κ1) is 41.7. The number of nitrogens with zero attached hydrogens (tertiary/aromatic N) is 3. The van der Waals surface area contributed by atoms with Gasteiger partial charge >= 0.3 is 0 Å². The molecule has 4 aromatic carbocycles. The minimum Gasteiger partial charge on any atom is -0.213 e. The molecule has 3 nitrogen and oxygen atoms in total. The van der Waals surface area contributed by atoms with Crippen LogP contribution in [0.15, 0.2) is 223 Å². The van der Waals surface area contributed by atoms with E-state index in [1.165, 1.54) is 55.3 Å². The Morgan fingerprint density at radius 2 is 1.36 bits per heavy atom. The number of hydrogen-bond acceptors (Lipinski definition) is 3. The van der Waals surface area contributed by atoms with Gasteiger partial charge in [0.25, 0.3) is 0 Å². The van der Waals surface area contributed by atoms with E-state index in [1.54, 1.807) is 0 Å². The van der Waals surface area contributed by atoms with Crippen LogP contribution in [0, 0.1) is 23.7 Å². The second-order valence-electron chi connectivity index (χ2n) is 18.8. The van der Waals surface area contributed by atoms with Crippen molar-refractivity contribution in [2.45, 2.75) is 64.2 Å². The maximum Gasteiger partial charge on any atom is 0.164 e. The van der Waals surface area contributed by atoms with Gasteiger partial charge in [-0.15, -0.1) is 0 Å². The van der Waals surface area contributed by atoms with Crippen LogP contribution in [0.3, 0.4) is 0 Å². The van der Waals surface area contributed by atoms with Crippen molar-refractivity contribution in [1.82, 2.24) is 15.0 Å². The summed E-state index contributed by atoms with van der Waals surface area (Å²) >= 11 is 0. The minimum absolute atomic E-state index is 0.0917. The average Bonchev–Trinajstić information content (AvgIpc) is 3.39. The molecule has 5 aromatic rings. The van der Waals surface area contributed by atoms with Crippen molar-refractivity contribution in [2.24, 2.45) is 23.7 Å². The zero-order valence-corrected chi connectivity index (χ0v) is 38.1. The lowest BCUT2D eigenvalue weighted by atomic mass is 9.61. The highest BCUT2D eigenvalue weighted by Crippen LogP contribution is 2.55. The summed E-state index contributed by atoms with van der Waals surface area (Å²) in [7, 11) is 0. The van der Waals surface area contributed by atoms with Gasteiger partial charge in [0.05, 0.1) is 0 Å². The molecule has 0 saturated heterocycles. The van der Waals surface area contributed by atoms with Gasteiger partial charge in [-0.1, -0.05) is 207 Å². The zero-order chi connectivity index (χ0) is 44.4. The Morgan fingerprint density at radius 3 is 2.15 bits per heavy atom. The molecule has 0 bridgehead atoms. The van der Waals surface area contributed by atoms with Gasteiger partial charge in [-0.2, -0.15) is 0 Å². The second-order valence-corrected chi connectivity index (χ2v) is 18.8. The number of benzene rings is 4. The van der Waals surface area contributed by atoms with Crippen LogP contribution in [0.25, 0.3) is 44.4 Å². The van der Waals surface area contributed by atoms with Gasteiger partial charge < -0.3 is 0 Å². The standard InChI is InChI=1S/C63H57N3/c1-42-21-19-33-50(39-42)59-55(41-56(52-35-17-15-22-43(52)2)58(45-24-7-3-8-25-45)60(59)46-26-9-4-10-27-46)49-32-20-34-51(40-49)57-53-36-18-16-23-44(53)37-38-54(57)63-65-61(47-28-11-5-12-29-47)64-62(66-63)48-30-13-6-14-31-48/h3-9,11-13,15-26,28,30,32,34-41,43,47,50,52,55,59H,10,14,27,29,31,33H2,1-2H3/t43-,47?,50?,52+,55?,59?/m1/s1. The minimum atomic E-state index is 0.0917. The molecule has 6 atom stereocenters. The van der Waals surface area contributed by atoms with E-state index in [-0.39, 0.29) is 23.7 Å². The molecule has 0 N–H and O–H groups in total. The maximum atomic E-state index is 5.37. The van der Waals surface area contributed by atoms with E-state index >= 15 is 0 Å². The SMILES string of the molecule is CC1=CC(C2C(C3=CC=CCC3)=C(c3ccccc3)C([C@H]3C=CC=C[C@H]3C)=CC2c2cccc(-c3c(-c4nc(C5=CC=CCC5)nc(C5C=CC=CC5)n4)ccc4ccccc34)c2)CC=C1. The van der Waals surface area contributed by atoms with Gasteiger partial charge in [-0.3, -0.25) is 0 Å². The van der Waals surface area contributed by atoms with Gasteiger partial charge in [0.1, 0.15) is 5.82 Å².